The van der Waals surface area contributed by atoms with E-state index in [0.717, 1.165) is 16.6 Å². The standard InChI is InChI=1S/C34H38Cl2N4O6S/c1-38-10-11-39(17-32(38)42)22-14-23(18-46-24-8-6-20(7-9-24)34(44)45)40(16-22)31(41)13-21-12-28(36)29(15-27(21)35)37-33(43)26-19-47-30-5-3-2-4-25(26)30/h2-5,12,15,19-20,22-24H,6-11,13-14,16-18H2,1H3,(H,37,43)(H,44,45)/t20?,22-,23-,24?/m0/s1. The van der Waals surface area contributed by atoms with Crippen molar-refractivity contribution in [3.05, 3.63) is 63.0 Å². The Morgan fingerprint density at radius 2 is 1.83 bits per heavy atom. The van der Waals surface area contributed by atoms with E-state index in [4.69, 9.17) is 27.9 Å². The minimum atomic E-state index is -0.758. The van der Waals surface area contributed by atoms with Gasteiger partial charge < -0.3 is 25.0 Å². The van der Waals surface area contributed by atoms with E-state index >= 15 is 0 Å². The molecule has 1 aromatic heterocycles. The second-order valence-electron chi connectivity index (χ2n) is 12.7. The Morgan fingerprint density at radius 1 is 1.06 bits per heavy atom. The van der Waals surface area contributed by atoms with E-state index in [1.165, 1.54) is 11.3 Å². The van der Waals surface area contributed by atoms with Crippen LogP contribution in [0.3, 0.4) is 0 Å². The van der Waals surface area contributed by atoms with Crippen LogP contribution in [0.15, 0.2) is 41.8 Å². The maximum atomic E-state index is 13.9. The molecule has 47 heavy (non-hydrogen) atoms. The normalized spacial score (nSPS) is 23.8. The number of piperazine rings is 1. The summed E-state index contributed by atoms with van der Waals surface area (Å²) in [5, 5.41) is 15.5. The van der Waals surface area contributed by atoms with Crippen LogP contribution in [-0.2, 0) is 25.5 Å². The summed E-state index contributed by atoms with van der Waals surface area (Å²) in [5.41, 5.74) is 1.45. The number of benzene rings is 2. The van der Waals surface area contributed by atoms with Gasteiger partial charge in [-0.3, -0.25) is 24.1 Å². The number of nitrogens with zero attached hydrogens (tertiary/aromatic N) is 3. The molecule has 10 nitrogen and oxygen atoms in total. The predicted molar refractivity (Wildman–Crippen MR) is 182 cm³/mol. The van der Waals surface area contributed by atoms with Crippen LogP contribution >= 0.6 is 34.5 Å². The Kier molecular flexibility index (Phi) is 10.4. The zero-order valence-corrected chi connectivity index (χ0v) is 28.5. The van der Waals surface area contributed by atoms with Crippen molar-refractivity contribution in [3.63, 3.8) is 0 Å². The van der Waals surface area contributed by atoms with Crippen molar-refractivity contribution in [2.24, 2.45) is 5.92 Å². The lowest BCUT2D eigenvalue weighted by Gasteiger charge is -2.35. The molecule has 3 fully saturated rings. The van der Waals surface area contributed by atoms with Gasteiger partial charge in [0, 0.05) is 53.2 Å². The van der Waals surface area contributed by atoms with E-state index in [1.54, 1.807) is 24.1 Å². The summed E-state index contributed by atoms with van der Waals surface area (Å²) in [6, 6.07) is 10.7. The van der Waals surface area contributed by atoms with E-state index < -0.39 is 5.97 Å². The van der Waals surface area contributed by atoms with Crippen LogP contribution < -0.4 is 5.32 Å². The van der Waals surface area contributed by atoms with Gasteiger partial charge in [-0.1, -0.05) is 41.4 Å². The fourth-order valence-electron chi connectivity index (χ4n) is 6.86. The molecule has 1 saturated carbocycles. The molecule has 0 bridgehead atoms. The zero-order chi connectivity index (χ0) is 33.2. The third-order valence-electron chi connectivity index (χ3n) is 9.72. The molecule has 13 heteroatoms. The number of thiophene rings is 1. The number of aliphatic carboxylic acids is 1. The summed E-state index contributed by atoms with van der Waals surface area (Å²) in [4.78, 5) is 56.6. The molecule has 0 unspecified atom stereocenters. The van der Waals surface area contributed by atoms with Gasteiger partial charge in [-0.05, 0) is 55.9 Å². The van der Waals surface area contributed by atoms with Crippen LogP contribution in [0.2, 0.25) is 10.0 Å². The quantitative estimate of drug-likeness (QED) is 0.307. The Balaban J connectivity index is 1.13. The molecule has 3 aliphatic rings. The van der Waals surface area contributed by atoms with Gasteiger partial charge in [-0.25, -0.2) is 0 Å². The first-order chi connectivity index (χ1) is 22.6. The van der Waals surface area contributed by atoms with Crippen LogP contribution in [0.4, 0.5) is 5.69 Å². The summed E-state index contributed by atoms with van der Waals surface area (Å²) in [6.45, 7) is 2.48. The highest BCUT2D eigenvalue weighted by atomic mass is 35.5. The van der Waals surface area contributed by atoms with E-state index in [0.29, 0.717) is 80.2 Å². The second kappa shape index (κ2) is 14.5. The fraction of sp³-hybridized carbons (Fsp3) is 0.471. The van der Waals surface area contributed by atoms with Gasteiger partial charge in [0.25, 0.3) is 5.91 Å². The summed E-state index contributed by atoms with van der Waals surface area (Å²) in [6.07, 6.45) is 3.15. The van der Waals surface area contributed by atoms with Crippen LogP contribution in [0, 0.1) is 5.92 Å². The number of carbonyl (C=O) groups is 4. The molecule has 3 heterocycles. The molecule has 2 aliphatic heterocycles. The topological polar surface area (TPSA) is 119 Å². The monoisotopic (exact) mass is 700 g/mol. The zero-order valence-electron chi connectivity index (χ0n) is 26.1. The SMILES string of the molecule is CN1CCN([C@H]2C[C@@H](COC3CCC(C(=O)O)CC3)N(C(=O)Cc3cc(Cl)c(NC(=O)c4csc5ccccc45)cc3Cl)C2)CC1=O. The number of likely N-dealkylation sites (N-methyl/N-ethyl adjacent to an activating group) is 1. The number of carboxylic acid groups (broad SMARTS) is 1. The number of fused-ring (bicyclic) bond motifs is 1. The van der Waals surface area contributed by atoms with Crippen molar-refractivity contribution < 1.29 is 29.0 Å². The van der Waals surface area contributed by atoms with Crippen molar-refractivity contribution >= 4 is 74.0 Å². The Hall–Kier alpha value is -3.22. The number of carbonyl (C=O) groups excluding carboxylic acids is 3. The second-order valence-corrected chi connectivity index (χ2v) is 14.4. The van der Waals surface area contributed by atoms with Crippen LogP contribution in [-0.4, -0.2) is 102 Å². The minimum absolute atomic E-state index is 0.0105. The third kappa shape index (κ3) is 7.60. The number of carboxylic acids is 1. The molecule has 0 radical (unpaired) electrons. The average molecular weight is 702 g/mol. The van der Waals surface area contributed by atoms with E-state index in [1.807, 2.05) is 34.5 Å². The molecule has 1 aliphatic carbocycles. The van der Waals surface area contributed by atoms with Gasteiger partial charge in [0.15, 0.2) is 0 Å². The van der Waals surface area contributed by atoms with Crippen molar-refractivity contribution in [3.8, 4) is 0 Å². The third-order valence-corrected chi connectivity index (χ3v) is 11.3. The molecule has 2 N–H and O–H groups in total. The van der Waals surface area contributed by atoms with E-state index in [2.05, 4.69) is 10.2 Å². The summed E-state index contributed by atoms with van der Waals surface area (Å²) in [5.74, 6) is -1.45. The first-order valence-electron chi connectivity index (χ1n) is 15.9. The Bertz CT molecular complexity index is 1680. The van der Waals surface area contributed by atoms with Gasteiger partial charge in [0.05, 0.1) is 53.9 Å². The summed E-state index contributed by atoms with van der Waals surface area (Å²) < 4.78 is 7.29. The molecule has 3 amide bonds. The lowest BCUT2D eigenvalue weighted by Crippen LogP contribution is -2.52. The van der Waals surface area contributed by atoms with Gasteiger partial charge >= 0.3 is 5.97 Å². The number of hydrogen-bond acceptors (Lipinski definition) is 7. The molecule has 0 spiro atoms. The highest BCUT2D eigenvalue weighted by Crippen LogP contribution is 2.34. The minimum Gasteiger partial charge on any atom is -0.481 e. The van der Waals surface area contributed by atoms with Crippen LogP contribution in [0.5, 0.6) is 0 Å². The number of halogens is 2. The van der Waals surface area contributed by atoms with Crippen molar-refractivity contribution in [1.29, 1.82) is 0 Å². The first kappa shape index (κ1) is 33.7. The van der Waals surface area contributed by atoms with Gasteiger partial charge in [-0.15, -0.1) is 11.3 Å². The molecular formula is C34H38Cl2N4O6S. The number of likely N-dealkylation sites (tertiary alicyclic amines) is 1. The highest BCUT2D eigenvalue weighted by molar-refractivity contribution is 7.17. The van der Waals surface area contributed by atoms with E-state index in [-0.39, 0.29) is 53.3 Å². The molecule has 3 aromatic rings. The Morgan fingerprint density at radius 3 is 2.57 bits per heavy atom. The molecule has 250 valence electrons. The van der Waals surface area contributed by atoms with Crippen molar-refractivity contribution in [1.82, 2.24) is 14.7 Å². The first-order valence-corrected chi connectivity index (χ1v) is 17.6. The lowest BCUT2D eigenvalue weighted by atomic mass is 9.87. The highest BCUT2D eigenvalue weighted by Gasteiger charge is 2.40. The maximum absolute atomic E-state index is 13.9. The molecular weight excluding hydrogens is 663 g/mol. The molecule has 2 aromatic carbocycles. The number of nitrogens with one attached hydrogen (secondary N) is 1. The average Bonchev–Trinajstić information content (AvgIpc) is 3.69. The van der Waals surface area contributed by atoms with Crippen LogP contribution in [0.1, 0.15) is 48.0 Å². The van der Waals surface area contributed by atoms with Gasteiger partial charge in [-0.2, -0.15) is 0 Å². The number of amides is 3. The van der Waals surface area contributed by atoms with Crippen LogP contribution in [0.25, 0.3) is 10.1 Å². The molecule has 2 atom stereocenters. The van der Waals surface area contributed by atoms with Crippen molar-refractivity contribution in [2.75, 3.05) is 45.2 Å². The number of rotatable bonds is 9. The van der Waals surface area contributed by atoms with Crippen molar-refractivity contribution in [2.45, 2.75) is 56.7 Å². The lowest BCUT2D eigenvalue weighted by molar-refractivity contribution is -0.144. The smallest absolute Gasteiger partial charge is 0.306 e. The fourth-order valence-corrected chi connectivity index (χ4v) is 8.26. The van der Waals surface area contributed by atoms with E-state index in [9.17, 15) is 24.3 Å². The maximum Gasteiger partial charge on any atom is 0.306 e. The Labute approximate surface area is 287 Å². The summed E-state index contributed by atoms with van der Waals surface area (Å²) in [7, 11) is 1.80. The number of hydrogen-bond donors (Lipinski definition) is 2. The number of ether oxygens (including phenoxy) is 1. The largest absolute Gasteiger partial charge is 0.481 e. The van der Waals surface area contributed by atoms with Gasteiger partial charge in [0.2, 0.25) is 11.8 Å². The predicted octanol–water partition coefficient (Wildman–Crippen LogP) is 5.41. The van der Waals surface area contributed by atoms with Gasteiger partial charge in [0.1, 0.15) is 0 Å². The number of anilines is 1. The molecule has 2 saturated heterocycles. The summed E-state index contributed by atoms with van der Waals surface area (Å²) >= 11 is 14.8. The molecule has 6 rings (SSSR count).